The Balaban J connectivity index is 1.78. The molecule has 0 aliphatic carbocycles. The molecule has 1 aliphatic heterocycles. The van der Waals surface area contributed by atoms with Gasteiger partial charge in [-0.2, -0.15) is 0 Å². The lowest BCUT2D eigenvalue weighted by Gasteiger charge is -2.03. The quantitative estimate of drug-likeness (QED) is 0.519. The smallest absolute Gasteiger partial charge is 0.363 e. The minimum absolute atomic E-state index is 0.195. The molecule has 1 aromatic carbocycles. The lowest BCUT2D eigenvalue weighted by atomic mass is 10.1. The molecule has 0 fully saturated rings. The maximum Gasteiger partial charge on any atom is 0.363 e. The molecule has 0 saturated heterocycles. The number of imidazole rings is 1. The third kappa shape index (κ3) is 2.72. The van der Waals surface area contributed by atoms with Gasteiger partial charge in [0, 0.05) is 11.8 Å². The highest BCUT2D eigenvalue weighted by molar-refractivity contribution is 6.31. The highest BCUT2D eigenvalue weighted by atomic mass is 35.5. The van der Waals surface area contributed by atoms with E-state index in [0.717, 1.165) is 11.1 Å². The van der Waals surface area contributed by atoms with Crippen LogP contribution >= 0.6 is 11.6 Å². The molecule has 0 unspecified atom stereocenters. The molecule has 25 heavy (non-hydrogen) atoms. The number of halogens is 1. The van der Waals surface area contributed by atoms with Crippen LogP contribution < -0.4 is 0 Å². The average Bonchev–Trinajstić information content (AvgIpc) is 3.11. The predicted molar refractivity (Wildman–Crippen MR) is 96.7 cm³/mol. The molecule has 0 saturated carbocycles. The van der Waals surface area contributed by atoms with Gasteiger partial charge in [0.1, 0.15) is 5.65 Å². The number of hydrogen-bond donors (Lipinski definition) is 0. The highest BCUT2D eigenvalue weighted by Crippen LogP contribution is 2.24. The number of pyridine rings is 1. The van der Waals surface area contributed by atoms with Crippen LogP contribution in [0.5, 0.6) is 0 Å². The summed E-state index contributed by atoms with van der Waals surface area (Å²) in [5.41, 5.74) is 4.53. The number of nitrogens with zero attached hydrogens (tertiary/aromatic N) is 3. The molecule has 124 valence electrons. The summed E-state index contributed by atoms with van der Waals surface area (Å²) in [6.07, 6.45) is 3.42. The molecule has 2 aromatic heterocycles. The summed E-state index contributed by atoms with van der Waals surface area (Å²) in [6, 6.07) is 11.4. The number of cyclic esters (lactones) is 1. The van der Waals surface area contributed by atoms with E-state index < -0.39 is 5.97 Å². The van der Waals surface area contributed by atoms with Crippen molar-refractivity contribution in [2.24, 2.45) is 4.99 Å². The molecule has 0 radical (unpaired) electrons. The Morgan fingerprint density at radius 1 is 1.16 bits per heavy atom. The van der Waals surface area contributed by atoms with Gasteiger partial charge in [-0.25, -0.2) is 14.8 Å². The maximum absolute atomic E-state index is 12.2. The summed E-state index contributed by atoms with van der Waals surface area (Å²) in [5, 5.41) is 0.307. The first kappa shape index (κ1) is 15.6. The van der Waals surface area contributed by atoms with E-state index in [2.05, 4.69) is 9.98 Å². The van der Waals surface area contributed by atoms with Crippen molar-refractivity contribution in [3.05, 3.63) is 75.8 Å². The SMILES string of the molecule is Cc1ccc(C2=NC(=Cc3c(Cl)nc4ccccn34)C(=O)O2)cc1C. The first-order valence-corrected chi connectivity index (χ1v) is 8.13. The number of carbonyl (C=O) groups excluding carboxylic acids is 1. The zero-order valence-corrected chi connectivity index (χ0v) is 14.4. The summed E-state index contributed by atoms with van der Waals surface area (Å²) in [7, 11) is 0. The Bertz CT molecular complexity index is 1080. The average molecular weight is 352 g/mol. The molecule has 4 rings (SSSR count). The molecule has 3 aromatic rings. The zero-order chi connectivity index (χ0) is 17.6. The molecule has 0 spiro atoms. The topological polar surface area (TPSA) is 56.0 Å². The van der Waals surface area contributed by atoms with Crippen molar-refractivity contribution < 1.29 is 9.53 Å². The Morgan fingerprint density at radius 2 is 2.00 bits per heavy atom. The number of carbonyl (C=O) groups is 1. The highest BCUT2D eigenvalue weighted by Gasteiger charge is 2.25. The Morgan fingerprint density at radius 3 is 2.80 bits per heavy atom. The number of fused-ring (bicyclic) bond motifs is 1. The number of rotatable bonds is 2. The van der Waals surface area contributed by atoms with E-state index in [0.29, 0.717) is 22.4 Å². The van der Waals surface area contributed by atoms with Gasteiger partial charge in [-0.1, -0.05) is 23.7 Å². The fourth-order valence-corrected chi connectivity index (χ4v) is 2.88. The standard InChI is InChI=1S/C19H14ClN3O2/c1-11-6-7-13(9-12(11)2)18-21-14(19(24)25-18)10-15-17(20)22-16-5-3-4-8-23(15)16/h3-10H,1-2H3. The van der Waals surface area contributed by atoms with Crippen molar-refractivity contribution in [1.82, 2.24) is 9.38 Å². The zero-order valence-electron chi connectivity index (χ0n) is 13.7. The van der Waals surface area contributed by atoms with Gasteiger partial charge in [0.2, 0.25) is 5.90 Å². The summed E-state index contributed by atoms with van der Waals surface area (Å²) < 4.78 is 7.12. The second-order valence-corrected chi connectivity index (χ2v) is 6.21. The number of benzene rings is 1. The Labute approximate surface area is 149 Å². The minimum atomic E-state index is -0.504. The van der Waals surface area contributed by atoms with Crippen LogP contribution in [0.4, 0.5) is 0 Å². The largest absolute Gasteiger partial charge is 0.402 e. The van der Waals surface area contributed by atoms with Crippen LogP contribution in [-0.2, 0) is 9.53 Å². The number of aliphatic imine (C=N–C) groups is 1. The van der Waals surface area contributed by atoms with Crippen LogP contribution in [0.15, 0.2) is 53.3 Å². The summed E-state index contributed by atoms with van der Waals surface area (Å²) in [5.74, 6) is -0.209. The summed E-state index contributed by atoms with van der Waals surface area (Å²) in [4.78, 5) is 20.8. The molecular formula is C19H14ClN3O2. The van der Waals surface area contributed by atoms with E-state index in [9.17, 15) is 4.79 Å². The predicted octanol–water partition coefficient (Wildman–Crippen LogP) is 3.95. The lowest BCUT2D eigenvalue weighted by molar-refractivity contribution is -0.129. The molecule has 6 heteroatoms. The third-order valence-corrected chi connectivity index (χ3v) is 4.45. The molecular weight excluding hydrogens is 338 g/mol. The normalized spacial score (nSPS) is 15.7. The first-order chi connectivity index (χ1) is 12.0. The van der Waals surface area contributed by atoms with Crippen LogP contribution in [0.3, 0.4) is 0 Å². The van der Waals surface area contributed by atoms with Gasteiger partial charge in [0.05, 0.1) is 5.69 Å². The molecule has 0 bridgehead atoms. The van der Waals surface area contributed by atoms with Crippen molar-refractivity contribution >= 4 is 35.2 Å². The van der Waals surface area contributed by atoms with E-state index in [4.69, 9.17) is 16.3 Å². The van der Waals surface area contributed by atoms with Crippen molar-refractivity contribution in [3.63, 3.8) is 0 Å². The van der Waals surface area contributed by atoms with Crippen molar-refractivity contribution in [1.29, 1.82) is 0 Å². The Hall–Kier alpha value is -2.92. The summed E-state index contributed by atoms with van der Waals surface area (Å²) in [6.45, 7) is 4.03. The van der Waals surface area contributed by atoms with Crippen molar-refractivity contribution in [2.45, 2.75) is 13.8 Å². The number of ether oxygens (including phenoxy) is 1. The van der Waals surface area contributed by atoms with Crippen LogP contribution in [-0.4, -0.2) is 21.3 Å². The summed E-state index contributed by atoms with van der Waals surface area (Å²) >= 11 is 6.21. The number of esters is 1. The van der Waals surface area contributed by atoms with Crippen molar-refractivity contribution in [2.75, 3.05) is 0 Å². The number of aromatic nitrogens is 2. The van der Waals surface area contributed by atoms with Gasteiger partial charge < -0.3 is 4.74 Å². The molecule has 0 N–H and O–H groups in total. The van der Waals surface area contributed by atoms with E-state index in [1.165, 1.54) is 5.56 Å². The van der Waals surface area contributed by atoms with Gasteiger partial charge in [0.15, 0.2) is 10.9 Å². The second-order valence-electron chi connectivity index (χ2n) is 5.85. The van der Waals surface area contributed by atoms with Crippen LogP contribution in [0.1, 0.15) is 22.4 Å². The minimum Gasteiger partial charge on any atom is -0.402 e. The number of aryl methyl sites for hydroxylation is 2. The molecule has 5 nitrogen and oxygen atoms in total. The van der Waals surface area contributed by atoms with Crippen LogP contribution in [0.25, 0.3) is 11.7 Å². The fraction of sp³-hybridized carbons (Fsp3) is 0.105. The molecule has 0 amide bonds. The van der Waals surface area contributed by atoms with Gasteiger partial charge in [-0.15, -0.1) is 0 Å². The maximum atomic E-state index is 12.2. The van der Waals surface area contributed by atoms with Gasteiger partial charge >= 0.3 is 5.97 Å². The lowest BCUT2D eigenvalue weighted by Crippen LogP contribution is -2.05. The van der Waals surface area contributed by atoms with E-state index >= 15 is 0 Å². The van der Waals surface area contributed by atoms with E-state index in [1.54, 1.807) is 10.5 Å². The van der Waals surface area contributed by atoms with Gasteiger partial charge in [0.25, 0.3) is 0 Å². The first-order valence-electron chi connectivity index (χ1n) is 7.76. The van der Waals surface area contributed by atoms with Gasteiger partial charge in [-0.05, 0) is 55.3 Å². The molecule has 0 atom stereocenters. The second kappa shape index (κ2) is 5.86. The monoisotopic (exact) mass is 351 g/mol. The van der Waals surface area contributed by atoms with Gasteiger partial charge in [-0.3, -0.25) is 4.40 Å². The van der Waals surface area contributed by atoms with Crippen LogP contribution in [0, 0.1) is 13.8 Å². The van der Waals surface area contributed by atoms with Crippen LogP contribution in [0.2, 0.25) is 5.15 Å². The molecule has 1 aliphatic rings. The Kier molecular flexibility index (Phi) is 3.66. The number of hydrogen-bond acceptors (Lipinski definition) is 4. The van der Waals surface area contributed by atoms with E-state index in [-0.39, 0.29) is 5.70 Å². The third-order valence-electron chi connectivity index (χ3n) is 4.17. The molecule has 3 heterocycles. The van der Waals surface area contributed by atoms with E-state index in [1.807, 2.05) is 56.4 Å². The van der Waals surface area contributed by atoms with Crippen molar-refractivity contribution in [3.8, 4) is 0 Å². The fourth-order valence-electron chi connectivity index (χ4n) is 2.65.